The number of carboxylic acid groups (broad SMARTS) is 1. The van der Waals surface area contributed by atoms with Gasteiger partial charge in [0, 0.05) is 75.0 Å². The van der Waals surface area contributed by atoms with E-state index in [1.165, 1.54) is 25.3 Å². The van der Waals surface area contributed by atoms with Crippen molar-refractivity contribution in [2.45, 2.75) is 73.0 Å². The molecule has 304 valence electrons. The van der Waals surface area contributed by atoms with Gasteiger partial charge in [0.15, 0.2) is 9.84 Å². The van der Waals surface area contributed by atoms with Crippen molar-refractivity contribution in [2.75, 3.05) is 90.0 Å². The first-order valence-electron chi connectivity index (χ1n) is 21.1. The minimum atomic E-state index is -3.52. The van der Waals surface area contributed by atoms with E-state index in [0.29, 0.717) is 16.7 Å². The van der Waals surface area contributed by atoms with Gasteiger partial charge in [0.25, 0.3) is 0 Å². The summed E-state index contributed by atoms with van der Waals surface area (Å²) in [7, 11) is -3.52. The molecule has 3 atom stereocenters. The van der Waals surface area contributed by atoms with Gasteiger partial charge in [-0.1, -0.05) is 24.6 Å². The summed E-state index contributed by atoms with van der Waals surface area (Å²) in [5.41, 5.74) is 1.73. The Morgan fingerprint density at radius 2 is 1.55 bits per heavy atom. The highest BCUT2D eigenvalue weighted by Crippen LogP contribution is 2.51. The zero-order chi connectivity index (χ0) is 38.9. The monoisotopic (exact) mass is 790 g/mol. The molecule has 1 aliphatic carbocycles. The maximum Gasteiger partial charge on any atom is 0.404 e. The van der Waals surface area contributed by atoms with Crippen LogP contribution in [0.25, 0.3) is 0 Å². The third-order valence-corrected chi connectivity index (χ3v) is 16.1. The van der Waals surface area contributed by atoms with Gasteiger partial charge in [-0.3, -0.25) is 9.69 Å². The molecule has 0 bridgehead atoms. The lowest BCUT2D eigenvalue weighted by molar-refractivity contribution is -0.129. The summed E-state index contributed by atoms with van der Waals surface area (Å²) < 4.78 is 41.7. The third kappa shape index (κ3) is 8.24. The third-order valence-electron chi connectivity index (χ3n) is 14.0. The number of carbonyl (C=O) groups excluding carboxylic acids is 1. The first-order chi connectivity index (χ1) is 27.1. The van der Waals surface area contributed by atoms with E-state index >= 15 is 0 Å². The van der Waals surface area contributed by atoms with Crippen molar-refractivity contribution in [3.8, 4) is 0 Å². The molecule has 0 aromatic heterocycles. The maximum absolute atomic E-state index is 14.9. The van der Waals surface area contributed by atoms with E-state index in [2.05, 4.69) is 31.0 Å². The summed E-state index contributed by atoms with van der Waals surface area (Å²) in [6.07, 6.45) is 10.8. The van der Waals surface area contributed by atoms with E-state index in [0.717, 1.165) is 115 Å². The van der Waals surface area contributed by atoms with Crippen molar-refractivity contribution in [3.63, 3.8) is 0 Å². The van der Waals surface area contributed by atoms with E-state index < -0.39 is 21.2 Å². The highest BCUT2D eigenvalue weighted by atomic mass is 32.2. The Hall–Kier alpha value is -3.52. The maximum atomic E-state index is 14.9. The van der Waals surface area contributed by atoms with Crippen LogP contribution >= 0.6 is 0 Å². The van der Waals surface area contributed by atoms with Crippen LogP contribution in [0.1, 0.15) is 56.9 Å². The van der Waals surface area contributed by atoms with Gasteiger partial charge in [0.1, 0.15) is 11.1 Å². The second-order valence-electron chi connectivity index (χ2n) is 17.4. The molecule has 0 radical (unpaired) electrons. The number of nitrogens with zero attached hydrogens (tertiary/aromatic N) is 5. The van der Waals surface area contributed by atoms with Crippen LogP contribution in [0.4, 0.5) is 14.9 Å². The second kappa shape index (κ2) is 16.8. The lowest BCUT2D eigenvalue weighted by atomic mass is 9.57. The molecule has 1 unspecified atom stereocenters. The van der Waals surface area contributed by atoms with Crippen molar-refractivity contribution in [1.82, 2.24) is 24.9 Å². The molecule has 5 aliphatic heterocycles. The van der Waals surface area contributed by atoms with Gasteiger partial charge in [-0.2, -0.15) is 0 Å². The van der Waals surface area contributed by atoms with Gasteiger partial charge < -0.3 is 30.0 Å². The molecule has 2 amide bonds. The second-order valence-corrected chi connectivity index (χ2v) is 19.7. The quantitative estimate of drug-likeness (QED) is 0.263. The van der Waals surface area contributed by atoms with E-state index in [1.54, 1.807) is 29.2 Å². The Morgan fingerprint density at radius 1 is 0.839 bits per heavy atom. The lowest BCUT2D eigenvalue weighted by Gasteiger charge is -2.54. The fourth-order valence-electron chi connectivity index (χ4n) is 10.8. The van der Waals surface area contributed by atoms with Crippen LogP contribution < -0.4 is 10.2 Å². The minimum Gasteiger partial charge on any atom is -0.465 e. The van der Waals surface area contributed by atoms with Crippen LogP contribution in [0.15, 0.2) is 65.6 Å². The Bertz CT molecular complexity index is 1830. The average molecular weight is 791 g/mol. The number of likely N-dealkylation sites (tertiary alicyclic amines) is 4. The zero-order valence-electron chi connectivity index (χ0n) is 32.6. The summed E-state index contributed by atoms with van der Waals surface area (Å²) in [5.74, 6) is 0.609. The summed E-state index contributed by atoms with van der Waals surface area (Å²) >= 11 is 0. The first kappa shape index (κ1) is 39.3. The molecule has 6 aliphatic rings. The molecule has 2 aromatic rings. The van der Waals surface area contributed by atoms with Crippen LogP contribution in [-0.2, 0) is 20.0 Å². The van der Waals surface area contributed by atoms with E-state index in [9.17, 15) is 27.5 Å². The number of hydrogen-bond acceptors (Lipinski definition) is 8. The first-order valence-corrected chi connectivity index (χ1v) is 22.6. The Kier molecular flexibility index (Phi) is 11.8. The van der Waals surface area contributed by atoms with E-state index in [-0.39, 0.29) is 42.2 Å². The number of halogens is 1. The van der Waals surface area contributed by atoms with Gasteiger partial charge in [-0.05, 0) is 138 Å². The summed E-state index contributed by atoms with van der Waals surface area (Å²) in [6, 6.07) is 14.3. The molecule has 13 heteroatoms. The molecule has 56 heavy (non-hydrogen) atoms. The smallest absolute Gasteiger partial charge is 0.404 e. The zero-order valence-corrected chi connectivity index (χ0v) is 33.4. The van der Waals surface area contributed by atoms with Crippen molar-refractivity contribution in [1.29, 1.82) is 0 Å². The van der Waals surface area contributed by atoms with Crippen molar-refractivity contribution < 1.29 is 27.5 Å². The van der Waals surface area contributed by atoms with Gasteiger partial charge >= 0.3 is 6.09 Å². The molecule has 0 spiro atoms. The Morgan fingerprint density at radius 3 is 2.21 bits per heavy atom. The molecule has 5 heterocycles. The number of benzene rings is 2. The number of hydrogen-bond donors (Lipinski definition) is 2. The Balaban J connectivity index is 0.842. The van der Waals surface area contributed by atoms with Gasteiger partial charge in [-0.25, -0.2) is 17.6 Å². The fourth-order valence-corrected chi connectivity index (χ4v) is 12.5. The minimum absolute atomic E-state index is 0.114. The van der Waals surface area contributed by atoms with Crippen molar-refractivity contribution in [3.05, 3.63) is 72.1 Å². The van der Waals surface area contributed by atoms with Gasteiger partial charge in [0.05, 0.1) is 4.90 Å². The van der Waals surface area contributed by atoms with Crippen LogP contribution in [-0.4, -0.2) is 141 Å². The molecule has 1 saturated carbocycles. The summed E-state index contributed by atoms with van der Waals surface area (Å²) in [6.45, 7) is 11.1. The van der Waals surface area contributed by atoms with Crippen molar-refractivity contribution in [2.24, 2.45) is 17.8 Å². The van der Waals surface area contributed by atoms with E-state index in [4.69, 9.17) is 0 Å². The lowest BCUT2D eigenvalue weighted by Crippen LogP contribution is -2.60. The topological polar surface area (TPSA) is 117 Å². The molecule has 8 rings (SSSR count). The fraction of sp³-hybridized carbons (Fsp3) is 0.628. The molecule has 6 fully saturated rings. The SMILES string of the molecule is O=C(O)N[C@H]1CCC[C@@H]1C(CN1CCC1)(c1cccc(F)c1)C1CCN(CC2CN(c3ccc(S(=O)(=O)C4CN(C(=O)/C=C/CN5CCCC5)C4)cc3)C2)CC1. The van der Waals surface area contributed by atoms with Crippen LogP contribution in [0, 0.1) is 23.6 Å². The number of carbonyl (C=O) groups is 2. The Labute approximate surface area is 331 Å². The standard InChI is InChI=1S/C43H59FN6O5S/c44-35-8-3-7-34(25-35)43(31-48-21-6-22-48,39-9-4-10-40(39)45-42(52)53)33-16-23-47(24-17-33)26-32-27-49(28-32)36-12-14-37(15-13-36)56(54,55)38-29-50(30-38)41(51)11-5-20-46-18-1-2-19-46/h3,5,7-8,11-15,25,32-33,38-40,45H,1-2,4,6,9-10,16-24,26-31H2,(H,52,53)/b11-5+/t39-,40-,43?/m0/s1. The van der Waals surface area contributed by atoms with Gasteiger partial charge in [-0.15, -0.1) is 0 Å². The number of anilines is 1. The molecule has 5 saturated heterocycles. The highest BCUT2D eigenvalue weighted by Gasteiger charge is 2.53. The summed E-state index contributed by atoms with van der Waals surface area (Å²) in [5, 5.41) is 12.1. The summed E-state index contributed by atoms with van der Waals surface area (Å²) in [4.78, 5) is 36.1. The molecule has 2 aromatic carbocycles. The normalized spacial score (nSPS) is 25.9. The predicted octanol–water partition coefficient (Wildman–Crippen LogP) is 4.69. The highest BCUT2D eigenvalue weighted by molar-refractivity contribution is 7.92. The molecule has 2 N–H and O–H groups in total. The number of sulfone groups is 1. The van der Waals surface area contributed by atoms with Crippen molar-refractivity contribution >= 4 is 27.5 Å². The predicted molar refractivity (Wildman–Crippen MR) is 215 cm³/mol. The van der Waals surface area contributed by atoms with Gasteiger partial charge in [0.2, 0.25) is 5.91 Å². The van der Waals surface area contributed by atoms with Crippen LogP contribution in [0.5, 0.6) is 0 Å². The van der Waals surface area contributed by atoms with Crippen LogP contribution in [0.2, 0.25) is 0 Å². The molecule has 11 nitrogen and oxygen atoms in total. The van der Waals surface area contributed by atoms with Crippen LogP contribution in [0.3, 0.4) is 0 Å². The number of rotatable bonds is 14. The van der Waals surface area contributed by atoms with E-state index in [1.807, 2.05) is 24.3 Å². The largest absolute Gasteiger partial charge is 0.465 e. The number of nitrogens with one attached hydrogen (secondary N) is 1. The number of amides is 2. The molecular weight excluding hydrogens is 732 g/mol. The molecular formula is C43H59FN6O5S. The average Bonchev–Trinajstić information content (AvgIpc) is 3.82. The number of piperidine rings is 1.